The van der Waals surface area contributed by atoms with Gasteiger partial charge in [-0.25, -0.2) is 9.50 Å². The van der Waals surface area contributed by atoms with Gasteiger partial charge in [0.25, 0.3) is 5.78 Å². The number of carbonyl (C=O) groups is 1. The monoisotopic (exact) mass is 417 g/mol. The second-order valence-corrected chi connectivity index (χ2v) is 9.00. The Labute approximate surface area is 176 Å². The highest BCUT2D eigenvalue weighted by atomic mass is 32.2. The molecule has 1 unspecified atom stereocenters. The van der Waals surface area contributed by atoms with Crippen molar-refractivity contribution in [2.45, 2.75) is 44.3 Å². The Morgan fingerprint density at radius 1 is 1.14 bits per heavy atom. The number of hydrogen-bond acceptors (Lipinski definition) is 7. The normalized spacial score (nSPS) is 21.8. The summed E-state index contributed by atoms with van der Waals surface area (Å²) in [5, 5.41) is 5.19. The van der Waals surface area contributed by atoms with Crippen LogP contribution in [0, 0.1) is 13.8 Å². The fourth-order valence-electron chi connectivity index (χ4n) is 4.57. The van der Waals surface area contributed by atoms with Crippen LogP contribution in [0.1, 0.15) is 29.8 Å². The molecular weight excluding hydrogens is 386 g/mol. The predicted molar refractivity (Wildman–Crippen MR) is 114 cm³/mol. The van der Waals surface area contributed by atoms with Crippen molar-refractivity contribution >= 4 is 23.4 Å². The molecule has 0 spiro atoms. The van der Waals surface area contributed by atoms with Crippen molar-refractivity contribution in [3.8, 4) is 0 Å². The SMILES string of the molecule is CSc1nc2nc(C)c(CC(=O)N3CCN(C4CCCN(C)C4)CC3)c(C)n2n1. The van der Waals surface area contributed by atoms with E-state index in [9.17, 15) is 4.79 Å². The molecule has 0 radical (unpaired) electrons. The molecule has 2 saturated heterocycles. The molecule has 0 aliphatic carbocycles. The van der Waals surface area contributed by atoms with Crippen LogP contribution in [0.3, 0.4) is 0 Å². The van der Waals surface area contributed by atoms with Crippen molar-refractivity contribution in [3.05, 3.63) is 17.0 Å². The van der Waals surface area contributed by atoms with E-state index < -0.39 is 0 Å². The minimum atomic E-state index is 0.183. The Hall–Kier alpha value is -1.71. The number of amides is 1. The highest BCUT2D eigenvalue weighted by Crippen LogP contribution is 2.20. The summed E-state index contributed by atoms with van der Waals surface area (Å²) in [6.07, 6.45) is 4.88. The molecular formula is C20H31N7OS. The summed E-state index contributed by atoms with van der Waals surface area (Å²) in [7, 11) is 2.21. The molecule has 9 heteroatoms. The number of hydrogen-bond donors (Lipinski definition) is 0. The largest absolute Gasteiger partial charge is 0.340 e. The molecule has 2 aromatic rings. The quantitative estimate of drug-likeness (QED) is 0.693. The van der Waals surface area contributed by atoms with Gasteiger partial charge in [-0.1, -0.05) is 11.8 Å². The number of aromatic nitrogens is 4. The van der Waals surface area contributed by atoms with Gasteiger partial charge in [-0.3, -0.25) is 9.69 Å². The van der Waals surface area contributed by atoms with Gasteiger partial charge in [-0.05, 0) is 46.5 Å². The maximum absolute atomic E-state index is 13.0. The number of thioether (sulfide) groups is 1. The first-order valence-corrected chi connectivity index (χ1v) is 11.7. The minimum absolute atomic E-state index is 0.183. The Kier molecular flexibility index (Phi) is 6.08. The highest BCUT2D eigenvalue weighted by Gasteiger charge is 2.29. The van der Waals surface area contributed by atoms with Crippen LogP contribution in [-0.2, 0) is 11.2 Å². The Morgan fingerprint density at radius 3 is 2.59 bits per heavy atom. The van der Waals surface area contributed by atoms with Crippen LogP contribution in [0.4, 0.5) is 0 Å². The van der Waals surface area contributed by atoms with E-state index in [1.165, 1.54) is 31.1 Å². The van der Waals surface area contributed by atoms with Crippen LogP contribution >= 0.6 is 11.8 Å². The van der Waals surface area contributed by atoms with E-state index in [0.717, 1.165) is 49.7 Å². The van der Waals surface area contributed by atoms with E-state index in [4.69, 9.17) is 0 Å². The molecule has 2 aromatic heterocycles. The molecule has 0 N–H and O–H groups in total. The standard InChI is InChI=1S/C20H31N7OS/c1-14-17(15(2)27-19(21-14)22-20(23-27)29-4)12-18(28)26-10-8-25(9-11-26)16-6-5-7-24(3)13-16/h16H,5-13H2,1-4H3. The van der Waals surface area contributed by atoms with Gasteiger partial charge >= 0.3 is 0 Å². The van der Waals surface area contributed by atoms with Crippen LogP contribution < -0.4 is 0 Å². The van der Waals surface area contributed by atoms with Crippen LogP contribution in [0.25, 0.3) is 5.78 Å². The van der Waals surface area contributed by atoms with Crippen molar-refractivity contribution < 1.29 is 4.79 Å². The lowest BCUT2D eigenvalue weighted by molar-refractivity contribution is -0.132. The molecule has 8 nitrogen and oxygen atoms in total. The average Bonchev–Trinajstić information content (AvgIpc) is 3.14. The summed E-state index contributed by atoms with van der Waals surface area (Å²) in [6, 6.07) is 0.639. The molecule has 0 saturated carbocycles. The van der Waals surface area contributed by atoms with Gasteiger partial charge < -0.3 is 9.80 Å². The summed E-state index contributed by atoms with van der Waals surface area (Å²) >= 11 is 1.50. The van der Waals surface area contributed by atoms with Gasteiger partial charge in [0.15, 0.2) is 0 Å². The highest BCUT2D eigenvalue weighted by molar-refractivity contribution is 7.98. The number of nitrogens with zero attached hydrogens (tertiary/aromatic N) is 7. The van der Waals surface area contributed by atoms with Gasteiger partial charge in [-0.2, -0.15) is 4.98 Å². The molecule has 4 heterocycles. The first-order chi connectivity index (χ1) is 14.0. The Balaban J connectivity index is 1.41. The second kappa shape index (κ2) is 8.57. The van der Waals surface area contributed by atoms with Crippen molar-refractivity contribution in [2.24, 2.45) is 0 Å². The lowest BCUT2D eigenvalue weighted by Gasteiger charge is -2.42. The number of rotatable bonds is 4. The van der Waals surface area contributed by atoms with Gasteiger partial charge in [0.2, 0.25) is 11.1 Å². The third-order valence-electron chi connectivity index (χ3n) is 6.32. The number of piperazine rings is 1. The smallest absolute Gasteiger partial charge is 0.253 e. The summed E-state index contributed by atoms with van der Waals surface area (Å²) in [4.78, 5) is 29.0. The van der Waals surface area contributed by atoms with E-state index in [1.54, 1.807) is 4.52 Å². The average molecular weight is 418 g/mol. The molecule has 2 aliphatic heterocycles. The fraction of sp³-hybridized carbons (Fsp3) is 0.700. The Bertz CT molecular complexity index is 891. The van der Waals surface area contributed by atoms with Gasteiger partial charge in [0, 0.05) is 55.7 Å². The van der Waals surface area contributed by atoms with Gasteiger partial charge in [0.05, 0.1) is 6.42 Å². The molecule has 0 bridgehead atoms. The van der Waals surface area contributed by atoms with Crippen LogP contribution in [0.15, 0.2) is 5.16 Å². The summed E-state index contributed by atoms with van der Waals surface area (Å²) in [6.45, 7) is 9.88. The predicted octanol–water partition coefficient (Wildman–Crippen LogP) is 1.24. The van der Waals surface area contributed by atoms with Crippen LogP contribution in [-0.4, -0.2) is 98.8 Å². The maximum atomic E-state index is 13.0. The molecule has 2 aliphatic rings. The topological polar surface area (TPSA) is 69.9 Å². The first kappa shape index (κ1) is 20.6. The zero-order valence-electron chi connectivity index (χ0n) is 17.9. The second-order valence-electron chi connectivity index (χ2n) is 8.22. The molecule has 4 rings (SSSR count). The fourth-order valence-corrected chi connectivity index (χ4v) is 4.91. The Morgan fingerprint density at radius 2 is 1.90 bits per heavy atom. The van der Waals surface area contributed by atoms with Crippen molar-refractivity contribution in [1.82, 2.24) is 34.3 Å². The number of likely N-dealkylation sites (tertiary alicyclic amines) is 1. The zero-order chi connectivity index (χ0) is 20.5. The molecule has 29 heavy (non-hydrogen) atoms. The van der Waals surface area contributed by atoms with Crippen LogP contribution in [0.5, 0.6) is 0 Å². The number of aryl methyl sites for hydroxylation is 2. The molecule has 0 aromatic carbocycles. The van der Waals surface area contributed by atoms with Crippen molar-refractivity contribution in [2.75, 3.05) is 52.6 Å². The van der Waals surface area contributed by atoms with Crippen molar-refractivity contribution in [1.29, 1.82) is 0 Å². The summed E-state index contributed by atoms with van der Waals surface area (Å²) < 4.78 is 1.76. The van der Waals surface area contributed by atoms with Crippen molar-refractivity contribution in [3.63, 3.8) is 0 Å². The number of piperidine rings is 1. The lowest BCUT2D eigenvalue weighted by Crippen LogP contribution is -2.55. The van der Waals surface area contributed by atoms with Crippen LogP contribution in [0.2, 0.25) is 0 Å². The lowest BCUT2D eigenvalue weighted by atomic mass is 10.0. The summed E-state index contributed by atoms with van der Waals surface area (Å²) in [5.41, 5.74) is 2.79. The minimum Gasteiger partial charge on any atom is -0.340 e. The molecule has 1 atom stereocenters. The summed E-state index contributed by atoms with van der Waals surface area (Å²) in [5.74, 6) is 0.787. The molecule has 2 fully saturated rings. The zero-order valence-corrected chi connectivity index (χ0v) is 18.7. The number of carbonyl (C=O) groups excluding carboxylic acids is 1. The van der Waals surface area contributed by atoms with E-state index in [0.29, 0.717) is 23.4 Å². The number of fused-ring (bicyclic) bond motifs is 1. The maximum Gasteiger partial charge on any atom is 0.253 e. The van der Waals surface area contributed by atoms with Gasteiger partial charge in [-0.15, -0.1) is 5.10 Å². The van der Waals surface area contributed by atoms with E-state index in [-0.39, 0.29) is 5.91 Å². The molecule has 1 amide bonds. The third kappa shape index (κ3) is 4.27. The van der Waals surface area contributed by atoms with E-state index >= 15 is 0 Å². The third-order valence-corrected chi connectivity index (χ3v) is 6.86. The van der Waals surface area contributed by atoms with Gasteiger partial charge in [0.1, 0.15) is 0 Å². The first-order valence-electron chi connectivity index (χ1n) is 10.4. The molecule has 158 valence electrons. The number of likely N-dealkylation sites (N-methyl/N-ethyl adjacent to an activating group) is 1. The van der Waals surface area contributed by atoms with E-state index in [1.807, 2.05) is 25.0 Å². The van der Waals surface area contributed by atoms with E-state index in [2.05, 4.69) is 31.9 Å².